The number of nitrogens with one attached hydrogen (secondary N) is 1. The lowest BCUT2D eigenvalue weighted by atomic mass is 10.0. The van der Waals surface area contributed by atoms with Crippen LogP contribution in [-0.2, 0) is 18.4 Å². The molecule has 9 heteroatoms. The normalized spacial score (nSPS) is 14.8. The smallest absolute Gasteiger partial charge is 0.268 e. The number of amides is 1. The van der Waals surface area contributed by atoms with Gasteiger partial charge in [0, 0.05) is 6.42 Å². The molecule has 0 bridgehead atoms. The Morgan fingerprint density at radius 2 is 1.21 bits per heavy atom. The number of phosphoric ester groups is 1. The van der Waals surface area contributed by atoms with Crippen molar-refractivity contribution in [3.63, 3.8) is 0 Å². The summed E-state index contributed by atoms with van der Waals surface area (Å²) in [5, 5.41) is 13.8. The molecule has 2 N–H and O–H groups in total. The molecule has 0 aliphatic carbocycles. The molecular formula is C38H77N2O6P. The third-order valence-corrected chi connectivity index (χ3v) is 9.70. The summed E-state index contributed by atoms with van der Waals surface area (Å²) in [5.41, 5.74) is 0. The number of aliphatic hydroxyl groups is 1. The molecule has 0 fully saturated rings. The number of carbonyl (C=O) groups is 1. The highest BCUT2D eigenvalue weighted by atomic mass is 31.2. The van der Waals surface area contributed by atoms with E-state index in [1.807, 2.05) is 21.1 Å². The van der Waals surface area contributed by atoms with Crippen LogP contribution in [0.1, 0.15) is 174 Å². The summed E-state index contributed by atoms with van der Waals surface area (Å²) in [5.74, 6) is -0.177. The maximum absolute atomic E-state index is 12.7. The van der Waals surface area contributed by atoms with E-state index < -0.39 is 20.0 Å². The number of allylic oxidation sites excluding steroid dienone is 2. The summed E-state index contributed by atoms with van der Waals surface area (Å²) < 4.78 is 23.1. The Bertz CT molecular complexity index is 789. The van der Waals surface area contributed by atoms with E-state index >= 15 is 0 Å². The van der Waals surface area contributed by atoms with Crippen molar-refractivity contribution in [1.29, 1.82) is 0 Å². The van der Waals surface area contributed by atoms with Crippen molar-refractivity contribution >= 4 is 13.7 Å². The fourth-order valence-corrected chi connectivity index (χ4v) is 6.29. The van der Waals surface area contributed by atoms with E-state index in [4.69, 9.17) is 9.05 Å². The highest BCUT2D eigenvalue weighted by molar-refractivity contribution is 7.45. The summed E-state index contributed by atoms with van der Waals surface area (Å²) >= 11 is 0. The molecule has 0 radical (unpaired) electrons. The van der Waals surface area contributed by atoms with Crippen LogP contribution in [0.5, 0.6) is 0 Å². The number of carbonyl (C=O) groups excluding carboxylic acids is 1. The van der Waals surface area contributed by atoms with Crippen LogP contribution in [0.4, 0.5) is 0 Å². The number of unbranched alkanes of at least 4 members (excludes halogenated alkanes) is 20. The van der Waals surface area contributed by atoms with Gasteiger partial charge in [-0.3, -0.25) is 9.36 Å². The molecule has 0 heterocycles. The number of hydrogen-bond acceptors (Lipinski definition) is 6. The Labute approximate surface area is 291 Å². The topological polar surface area (TPSA) is 108 Å². The van der Waals surface area contributed by atoms with Gasteiger partial charge in [-0.05, 0) is 32.1 Å². The molecule has 0 rings (SSSR count). The first-order valence-corrected chi connectivity index (χ1v) is 21.0. The van der Waals surface area contributed by atoms with Crippen LogP contribution >= 0.6 is 7.82 Å². The minimum atomic E-state index is -4.55. The van der Waals surface area contributed by atoms with Gasteiger partial charge in [0.15, 0.2) is 0 Å². The fraction of sp³-hybridized carbons (Fsp3) is 0.921. The number of likely N-dealkylation sites (N-methyl/N-ethyl adjacent to an activating group) is 1. The molecule has 0 aromatic heterocycles. The molecular weight excluding hydrogens is 611 g/mol. The first kappa shape index (κ1) is 46.2. The number of phosphoric acid groups is 1. The lowest BCUT2D eigenvalue weighted by molar-refractivity contribution is -0.870. The molecule has 0 saturated heterocycles. The van der Waals surface area contributed by atoms with Crippen LogP contribution in [0.25, 0.3) is 0 Å². The quantitative estimate of drug-likeness (QED) is 0.0297. The van der Waals surface area contributed by atoms with Crippen molar-refractivity contribution in [2.75, 3.05) is 40.9 Å². The number of aliphatic hydroxyl groups excluding tert-OH is 1. The van der Waals surface area contributed by atoms with Gasteiger partial charge in [0.25, 0.3) is 7.82 Å². The molecule has 0 aliphatic heterocycles. The molecule has 1 amide bonds. The van der Waals surface area contributed by atoms with Crippen molar-refractivity contribution in [3.8, 4) is 0 Å². The lowest BCUT2D eigenvalue weighted by Gasteiger charge is -2.30. The van der Waals surface area contributed by atoms with Crippen molar-refractivity contribution in [1.82, 2.24) is 5.32 Å². The second-order valence-electron chi connectivity index (χ2n) is 14.6. The largest absolute Gasteiger partial charge is 0.756 e. The Morgan fingerprint density at radius 3 is 1.74 bits per heavy atom. The van der Waals surface area contributed by atoms with Crippen LogP contribution in [0, 0.1) is 0 Å². The minimum Gasteiger partial charge on any atom is -0.756 e. The SMILES string of the molecule is CCC/C=C\CCCCCCCC(=O)NC(COP(=O)([O-])OCC[N+](C)(C)C)C(O)CCCCCCCCCCCCCCCCC. The first-order valence-electron chi connectivity index (χ1n) is 19.5. The molecule has 47 heavy (non-hydrogen) atoms. The second-order valence-corrected chi connectivity index (χ2v) is 16.0. The zero-order valence-corrected chi connectivity index (χ0v) is 32.4. The maximum atomic E-state index is 12.7. The summed E-state index contributed by atoms with van der Waals surface area (Å²) in [6.07, 6.45) is 32.1. The van der Waals surface area contributed by atoms with E-state index in [9.17, 15) is 19.4 Å². The number of nitrogens with zero attached hydrogens (tertiary/aromatic N) is 1. The van der Waals surface area contributed by atoms with Crippen molar-refractivity contribution < 1.29 is 32.9 Å². The van der Waals surface area contributed by atoms with Gasteiger partial charge in [0.05, 0.1) is 39.9 Å². The summed E-state index contributed by atoms with van der Waals surface area (Å²) in [4.78, 5) is 25.1. The second kappa shape index (κ2) is 31.2. The Kier molecular flexibility index (Phi) is 30.7. The van der Waals surface area contributed by atoms with Crippen molar-refractivity contribution in [2.24, 2.45) is 0 Å². The average Bonchev–Trinajstić information content (AvgIpc) is 3.01. The van der Waals surface area contributed by atoms with Crippen molar-refractivity contribution in [3.05, 3.63) is 12.2 Å². The highest BCUT2D eigenvalue weighted by Gasteiger charge is 2.24. The Hall–Kier alpha value is -0.760. The van der Waals surface area contributed by atoms with Crippen LogP contribution in [-0.4, -0.2) is 68.5 Å². The summed E-state index contributed by atoms with van der Waals surface area (Å²) in [7, 11) is 1.30. The van der Waals surface area contributed by atoms with Crippen LogP contribution in [0.15, 0.2) is 12.2 Å². The standard InChI is InChI=1S/C38H77N2O6P/c1-6-8-10-12-14-16-18-19-20-21-22-23-25-27-29-31-37(41)36(35-46-47(43,44)45-34-33-40(3,4)5)39-38(42)32-30-28-26-24-17-15-13-11-9-7-2/h11,13,36-37,41H,6-10,12,14-35H2,1-5H3,(H-,39,42,43,44)/b13-11-. The van der Waals surface area contributed by atoms with Crippen LogP contribution < -0.4 is 10.2 Å². The van der Waals surface area contributed by atoms with Gasteiger partial charge in [-0.1, -0.05) is 148 Å². The van der Waals surface area contributed by atoms with E-state index in [0.29, 0.717) is 23.9 Å². The molecule has 3 unspecified atom stereocenters. The maximum Gasteiger partial charge on any atom is 0.268 e. The van der Waals surface area contributed by atoms with E-state index in [1.165, 1.54) is 89.9 Å². The van der Waals surface area contributed by atoms with Gasteiger partial charge in [0.1, 0.15) is 13.2 Å². The zero-order chi connectivity index (χ0) is 35.1. The summed E-state index contributed by atoms with van der Waals surface area (Å²) in [6, 6.07) is -0.798. The molecule has 3 atom stereocenters. The summed E-state index contributed by atoms with van der Waals surface area (Å²) in [6.45, 7) is 4.64. The van der Waals surface area contributed by atoms with E-state index in [2.05, 4.69) is 31.3 Å². The molecule has 0 aromatic carbocycles. The third-order valence-electron chi connectivity index (χ3n) is 8.73. The van der Waals surface area contributed by atoms with Gasteiger partial charge in [-0.2, -0.15) is 0 Å². The molecule has 8 nitrogen and oxygen atoms in total. The van der Waals surface area contributed by atoms with Gasteiger partial charge < -0.3 is 28.8 Å². The zero-order valence-electron chi connectivity index (χ0n) is 31.5. The molecule has 0 saturated carbocycles. The van der Waals surface area contributed by atoms with Gasteiger partial charge in [0.2, 0.25) is 5.91 Å². The minimum absolute atomic E-state index is 0.0119. The monoisotopic (exact) mass is 689 g/mol. The predicted molar refractivity (Wildman–Crippen MR) is 196 cm³/mol. The Balaban J connectivity index is 4.43. The predicted octanol–water partition coefficient (Wildman–Crippen LogP) is 9.39. The van der Waals surface area contributed by atoms with E-state index in [-0.39, 0.29) is 19.1 Å². The average molecular weight is 689 g/mol. The molecule has 280 valence electrons. The number of hydrogen-bond donors (Lipinski definition) is 2. The molecule has 0 aliphatic rings. The van der Waals surface area contributed by atoms with Crippen LogP contribution in [0.3, 0.4) is 0 Å². The number of rotatable bonds is 35. The molecule has 0 aromatic rings. The Morgan fingerprint density at radius 1 is 0.723 bits per heavy atom. The van der Waals surface area contributed by atoms with Gasteiger partial charge in [-0.25, -0.2) is 0 Å². The fourth-order valence-electron chi connectivity index (χ4n) is 5.57. The number of quaternary nitrogens is 1. The van der Waals surface area contributed by atoms with Gasteiger partial charge >= 0.3 is 0 Å². The molecule has 0 spiro atoms. The van der Waals surface area contributed by atoms with Crippen LogP contribution in [0.2, 0.25) is 0 Å². The van der Waals surface area contributed by atoms with Crippen molar-refractivity contribution in [2.45, 2.75) is 187 Å². The highest BCUT2D eigenvalue weighted by Crippen LogP contribution is 2.38. The first-order chi connectivity index (χ1) is 22.5. The van der Waals surface area contributed by atoms with E-state index in [1.54, 1.807) is 0 Å². The third kappa shape index (κ3) is 33.5. The van der Waals surface area contributed by atoms with E-state index in [0.717, 1.165) is 57.8 Å². The van der Waals surface area contributed by atoms with Gasteiger partial charge in [-0.15, -0.1) is 0 Å². The lowest BCUT2D eigenvalue weighted by Crippen LogP contribution is -2.46.